The van der Waals surface area contributed by atoms with E-state index in [2.05, 4.69) is 15.2 Å². The summed E-state index contributed by atoms with van der Waals surface area (Å²) in [7, 11) is 0. The summed E-state index contributed by atoms with van der Waals surface area (Å²) < 4.78 is 25.8. The van der Waals surface area contributed by atoms with E-state index in [4.69, 9.17) is 21.1 Å². The van der Waals surface area contributed by atoms with Crippen molar-refractivity contribution in [2.45, 2.75) is 53.2 Å². The van der Waals surface area contributed by atoms with Crippen LogP contribution in [0.15, 0.2) is 18.2 Å². The molecule has 4 rings (SSSR count). The summed E-state index contributed by atoms with van der Waals surface area (Å²) in [5.41, 5.74) is -0.477. The van der Waals surface area contributed by atoms with E-state index < -0.39 is 11.4 Å². The van der Waals surface area contributed by atoms with Gasteiger partial charge in [-0.15, -0.1) is 10.2 Å². The predicted octanol–water partition coefficient (Wildman–Crippen LogP) is 4.63. The molecule has 0 aliphatic carbocycles. The third kappa shape index (κ3) is 6.09. The van der Waals surface area contributed by atoms with Crippen LogP contribution in [0.3, 0.4) is 0 Å². The van der Waals surface area contributed by atoms with Crippen LogP contribution in [-0.4, -0.2) is 81.3 Å². The van der Waals surface area contributed by atoms with Gasteiger partial charge >= 0.3 is 6.09 Å². The monoisotopic (exact) mass is 548 g/mol. The number of carbonyl (C=O) groups is 2. The molecule has 0 saturated carbocycles. The smallest absolute Gasteiger partial charge is 0.410 e. The number of anilines is 1. The van der Waals surface area contributed by atoms with E-state index in [9.17, 15) is 14.0 Å². The minimum atomic E-state index is -0.555. The molecule has 2 atom stereocenters. The predicted molar refractivity (Wildman–Crippen MR) is 140 cm³/mol. The van der Waals surface area contributed by atoms with Crippen LogP contribution in [0.2, 0.25) is 5.28 Å². The van der Waals surface area contributed by atoms with Crippen molar-refractivity contribution in [1.29, 1.82) is 0 Å². The first-order valence-electron chi connectivity index (χ1n) is 12.8. The highest BCUT2D eigenvalue weighted by atomic mass is 35.5. The van der Waals surface area contributed by atoms with Crippen LogP contribution in [0.4, 0.5) is 15.0 Å². The summed E-state index contributed by atoms with van der Waals surface area (Å²) in [6.07, 6.45) is -0.315. The van der Waals surface area contributed by atoms with Crippen LogP contribution in [-0.2, 0) is 4.74 Å². The van der Waals surface area contributed by atoms with E-state index in [1.165, 1.54) is 12.1 Å². The van der Waals surface area contributed by atoms with Gasteiger partial charge in [-0.05, 0) is 71.3 Å². The number of hydrogen-bond acceptors (Lipinski definition) is 8. The Kier molecular flexibility index (Phi) is 7.96. The van der Waals surface area contributed by atoms with Gasteiger partial charge in [0.1, 0.15) is 17.2 Å². The summed E-state index contributed by atoms with van der Waals surface area (Å²) in [6, 6.07) is 3.69. The van der Waals surface area contributed by atoms with Crippen molar-refractivity contribution in [3.8, 4) is 11.6 Å². The average molecular weight is 549 g/mol. The standard InChI is InChI=1S/C26H34ClFN6O4/c1-7-34(15(2)3)23(35)19-10-18(28)8-9-20(19)37-22-21(29-24(27)31-30-22)32-11-16-13-33(14-17(16)12-32)25(36)38-26(4,5)6/h8-10,15-17H,7,11-14H2,1-6H3. The van der Waals surface area contributed by atoms with Gasteiger partial charge in [-0.3, -0.25) is 4.79 Å². The second-order valence-corrected chi connectivity index (χ2v) is 11.3. The fourth-order valence-corrected chi connectivity index (χ4v) is 5.08. The first kappa shape index (κ1) is 27.8. The molecule has 2 saturated heterocycles. The third-order valence-corrected chi connectivity index (χ3v) is 6.81. The molecule has 2 unspecified atom stereocenters. The van der Waals surface area contributed by atoms with Crippen molar-refractivity contribution >= 4 is 29.4 Å². The molecule has 1 aromatic carbocycles. The number of nitrogens with zero attached hydrogens (tertiary/aromatic N) is 6. The molecule has 2 amide bonds. The van der Waals surface area contributed by atoms with Gasteiger partial charge in [-0.1, -0.05) is 0 Å². The molecule has 12 heteroatoms. The number of carbonyl (C=O) groups excluding carboxylic acids is 2. The lowest BCUT2D eigenvalue weighted by Crippen LogP contribution is -2.37. The zero-order valence-electron chi connectivity index (χ0n) is 22.6. The van der Waals surface area contributed by atoms with Gasteiger partial charge in [0.2, 0.25) is 5.28 Å². The van der Waals surface area contributed by atoms with Crippen LogP contribution in [0, 0.1) is 17.7 Å². The molecule has 10 nitrogen and oxygen atoms in total. The molecule has 2 aliphatic heterocycles. The van der Waals surface area contributed by atoms with Gasteiger partial charge in [0, 0.05) is 50.6 Å². The van der Waals surface area contributed by atoms with Crippen molar-refractivity contribution in [1.82, 2.24) is 25.0 Å². The van der Waals surface area contributed by atoms with Gasteiger partial charge < -0.3 is 24.2 Å². The third-order valence-electron chi connectivity index (χ3n) is 6.65. The number of likely N-dealkylation sites (tertiary alicyclic amines) is 1. The van der Waals surface area contributed by atoms with Crippen molar-refractivity contribution in [3.05, 3.63) is 34.9 Å². The summed E-state index contributed by atoms with van der Waals surface area (Å²) in [5.74, 6) is 0.0845. The van der Waals surface area contributed by atoms with Gasteiger partial charge in [0.05, 0.1) is 5.56 Å². The summed E-state index contributed by atoms with van der Waals surface area (Å²) >= 11 is 6.10. The number of rotatable bonds is 6. The molecule has 38 heavy (non-hydrogen) atoms. The van der Waals surface area contributed by atoms with Gasteiger partial charge in [0.25, 0.3) is 11.8 Å². The highest BCUT2D eigenvalue weighted by molar-refractivity contribution is 6.28. The van der Waals surface area contributed by atoms with Crippen molar-refractivity contribution in [2.24, 2.45) is 11.8 Å². The molecule has 206 valence electrons. The van der Waals surface area contributed by atoms with Crippen LogP contribution in [0.5, 0.6) is 11.6 Å². The first-order valence-corrected chi connectivity index (χ1v) is 13.2. The SMILES string of the molecule is CCN(C(=O)c1cc(F)ccc1Oc1nnc(Cl)nc1N1CC2CN(C(=O)OC(C)(C)C)CC2C1)C(C)C. The molecular weight excluding hydrogens is 515 g/mol. The Morgan fingerprint density at radius 3 is 2.39 bits per heavy atom. The molecule has 0 N–H and O–H groups in total. The molecule has 2 aliphatic rings. The minimum Gasteiger partial charge on any atom is -0.444 e. The van der Waals surface area contributed by atoms with Crippen molar-refractivity contribution in [2.75, 3.05) is 37.6 Å². The lowest BCUT2D eigenvalue weighted by Gasteiger charge is -2.27. The molecule has 1 aromatic heterocycles. The highest BCUT2D eigenvalue weighted by Crippen LogP contribution is 2.38. The van der Waals surface area contributed by atoms with E-state index >= 15 is 0 Å². The van der Waals surface area contributed by atoms with Crippen molar-refractivity contribution in [3.63, 3.8) is 0 Å². The maximum absolute atomic E-state index is 14.2. The van der Waals surface area contributed by atoms with Gasteiger partial charge in [-0.2, -0.15) is 4.98 Å². The molecule has 0 spiro atoms. The minimum absolute atomic E-state index is 0.0489. The number of amides is 2. The summed E-state index contributed by atoms with van der Waals surface area (Å²) in [4.78, 5) is 35.5. The number of benzene rings is 1. The summed E-state index contributed by atoms with van der Waals surface area (Å²) in [6.45, 7) is 14.0. The van der Waals surface area contributed by atoms with Crippen LogP contribution >= 0.6 is 11.6 Å². The topological polar surface area (TPSA) is 101 Å². The normalized spacial score (nSPS) is 19.1. The second-order valence-electron chi connectivity index (χ2n) is 10.9. The number of hydrogen-bond donors (Lipinski definition) is 0. The average Bonchev–Trinajstić information content (AvgIpc) is 3.40. The summed E-state index contributed by atoms with van der Waals surface area (Å²) in [5, 5.41) is 7.89. The number of halogens is 2. The first-order chi connectivity index (χ1) is 17.9. The van der Waals surface area contributed by atoms with Gasteiger partial charge in [-0.25, -0.2) is 9.18 Å². The van der Waals surface area contributed by atoms with Crippen molar-refractivity contribution < 1.29 is 23.5 Å². The Hall–Kier alpha value is -3.21. The fourth-order valence-electron chi connectivity index (χ4n) is 4.96. The Balaban J connectivity index is 1.55. The number of aromatic nitrogens is 3. The molecule has 2 fully saturated rings. The molecule has 0 radical (unpaired) electrons. The van der Waals surface area contributed by atoms with Gasteiger partial charge in [0.15, 0.2) is 5.82 Å². The van der Waals surface area contributed by atoms with Crippen LogP contribution < -0.4 is 9.64 Å². The largest absolute Gasteiger partial charge is 0.444 e. The fraction of sp³-hybridized carbons (Fsp3) is 0.577. The quantitative estimate of drug-likeness (QED) is 0.515. The Morgan fingerprint density at radius 2 is 1.82 bits per heavy atom. The van der Waals surface area contributed by atoms with E-state index in [0.717, 1.165) is 6.07 Å². The van der Waals surface area contributed by atoms with E-state index in [0.29, 0.717) is 38.5 Å². The highest BCUT2D eigenvalue weighted by Gasteiger charge is 2.44. The van der Waals surface area contributed by atoms with E-state index in [1.54, 1.807) is 9.80 Å². The van der Waals surface area contributed by atoms with Crippen LogP contribution in [0.1, 0.15) is 51.9 Å². The number of ether oxygens (including phenoxy) is 2. The molecular formula is C26H34ClFN6O4. The van der Waals surface area contributed by atoms with E-state index in [-0.39, 0.29) is 52.4 Å². The number of fused-ring (bicyclic) bond motifs is 1. The molecule has 0 bridgehead atoms. The second kappa shape index (κ2) is 10.9. The Morgan fingerprint density at radius 1 is 1.16 bits per heavy atom. The lowest BCUT2D eigenvalue weighted by molar-refractivity contribution is 0.0282. The molecule has 2 aromatic rings. The molecule has 3 heterocycles. The lowest BCUT2D eigenvalue weighted by atomic mass is 10.0. The zero-order valence-corrected chi connectivity index (χ0v) is 23.3. The van der Waals surface area contributed by atoms with E-state index in [1.807, 2.05) is 46.4 Å². The maximum Gasteiger partial charge on any atom is 0.410 e. The van der Waals surface area contributed by atoms with Crippen LogP contribution in [0.25, 0.3) is 0 Å². The Labute approximate surface area is 227 Å². The Bertz CT molecular complexity index is 1190. The maximum atomic E-state index is 14.2. The zero-order chi connectivity index (χ0) is 27.8.